The van der Waals surface area contributed by atoms with Crippen molar-refractivity contribution in [3.05, 3.63) is 78.5 Å². The minimum absolute atomic E-state index is 0.298. The zero-order valence-electron chi connectivity index (χ0n) is 24.4. The molecule has 1 fully saturated rings. The fourth-order valence-electron chi connectivity index (χ4n) is 5.82. The van der Waals surface area contributed by atoms with Crippen molar-refractivity contribution < 1.29 is 4.39 Å². The fraction of sp³-hybridized carbons (Fsp3) is 0.273. The normalized spacial score (nSPS) is 14.0. The van der Waals surface area contributed by atoms with Gasteiger partial charge < -0.3 is 15.2 Å². The number of rotatable bonds is 9. The van der Waals surface area contributed by atoms with Crippen molar-refractivity contribution >= 4 is 27.8 Å². The molecular formula is C33H34FN9. The Morgan fingerprint density at radius 3 is 2.70 bits per heavy atom. The van der Waals surface area contributed by atoms with Crippen LogP contribution in [0.5, 0.6) is 0 Å². The number of para-hydroxylation sites is 1. The van der Waals surface area contributed by atoms with Gasteiger partial charge in [0, 0.05) is 60.6 Å². The number of aromatic nitrogens is 6. The van der Waals surface area contributed by atoms with Crippen LogP contribution >= 0.6 is 0 Å². The van der Waals surface area contributed by atoms with Gasteiger partial charge in [0.05, 0.1) is 16.4 Å². The van der Waals surface area contributed by atoms with Gasteiger partial charge in [0.1, 0.15) is 11.5 Å². The lowest BCUT2D eigenvalue weighted by Gasteiger charge is -2.14. The van der Waals surface area contributed by atoms with Gasteiger partial charge in [0.15, 0.2) is 11.5 Å². The predicted molar refractivity (Wildman–Crippen MR) is 169 cm³/mol. The van der Waals surface area contributed by atoms with Crippen LogP contribution in [0.1, 0.15) is 18.4 Å². The van der Waals surface area contributed by atoms with Crippen LogP contribution in [0.25, 0.3) is 55.8 Å². The number of hydrogen-bond acceptors (Lipinski definition) is 7. The number of nitrogens with zero attached hydrogens (tertiary/aromatic N) is 6. The Labute approximate surface area is 249 Å². The Hall–Kier alpha value is -4.67. The van der Waals surface area contributed by atoms with Crippen LogP contribution in [0.3, 0.4) is 0 Å². The second kappa shape index (κ2) is 11.5. The summed E-state index contributed by atoms with van der Waals surface area (Å²) < 4.78 is 14.7. The van der Waals surface area contributed by atoms with E-state index in [1.54, 1.807) is 6.07 Å². The third-order valence-corrected chi connectivity index (χ3v) is 7.98. The van der Waals surface area contributed by atoms with Crippen molar-refractivity contribution in [2.24, 2.45) is 0 Å². The number of nitrogens with one attached hydrogen (secondary N) is 3. The Morgan fingerprint density at radius 1 is 0.977 bits per heavy atom. The maximum atomic E-state index is 14.7. The molecule has 0 atom stereocenters. The average Bonchev–Trinajstić information content (AvgIpc) is 3.76. The van der Waals surface area contributed by atoms with Gasteiger partial charge in [0.2, 0.25) is 0 Å². The fourth-order valence-corrected chi connectivity index (χ4v) is 5.82. The van der Waals surface area contributed by atoms with Crippen LogP contribution in [0.15, 0.2) is 67.1 Å². The van der Waals surface area contributed by atoms with E-state index >= 15 is 0 Å². The molecule has 10 heteroatoms. The van der Waals surface area contributed by atoms with Crippen LogP contribution in [0.2, 0.25) is 0 Å². The molecule has 4 aromatic heterocycles. The minimum Gasteiger partial charge on any atom is -0.384 e. The summed E-state index contributed by atoms with van der Waals surface area (Å²) in [6, 6.07) is 15.2. The summed E-state index contributed by atoms with van der Waals surface area (Å²) >= 11 is 0. The molecule has 7 rings (SSSR count). The smallest absolute Gasteiger partial charge is 0.159 e. The molecule has 0 bridgehead atoms. The lowest BCUT2D eigenvalue weighted by atomic mass is 10.0. The molecule has 0 amide bonds. The summed E-state index contributed by atoms with van der Waals surface area (Å²) in [7, 11) is 4.03. The van der Waals surface area contributed by atoms with Gasteiger partial charge in [-0.15, -0.1) is 0 Å². The lowest BCUT2D eigenvalue weighted by molar-refractivity contribution is 0.331. The zero-order chi connectivity index (χ0) is 29.3. The molecule has 1 aliphatic heterocycles. The van der Waals surface area contributed by atoms with E-state index < -0.39 is 0 Å². The van der Waals surface area contributed by atoms with E-state index in [1.807, 2.05) is 57.0 Å². The summed E-state index contributed by atoms with van der Waals surface area (Å²) in [5, 5.41) is 11.8. The van der Waals surface area contributed by atoms with Crippen molar-refractivity contribution in [3.8, 4) is 33.8 Å². The first-order valence-electron chi connectivity index (χ1n) is 14.7. The molecule has 1 aliphatic rings. The largest absolute Gasteiger partial charge is 0.384 e. The van der Waals surface area contributed by atoms with Gasteiger partial charge in [-0.25, -0.2) is 14.4 Å². The van der Waals surface area contributed by atoms with E-state index in [2.05, 4.69) is 52.4 Å². The Kier molecular flexibility index (Phi) is 7.30. The summed E-state index contributed by atoms with van der Waals surface area (Å²) in [6.07, 6.45) is 8.21. The number of anilines is 1. The highest BCUT2D eigenvalue weighted by Gasteiger charge is 2.18. The van der Waals surface area contributed by atoms with E-state index in [1.165, 1.54) is 24.5 Å². The molecule has 3 N–H and O–H groups in total. The van der Waals surface area contributed by atoms with Crippen molar-refractivity contribution in [2.75, 3.05) is 45.6 Å². The third kappa shape index (κ3) is 5.71. The molecule has 1 saturated heterocycles. The predicted octanol–water partition coefficient (Wildman–Crippen LogP) is 5.94. The molecule has 0 radical (unpaired) electrons. The van der Waals surface area contributed by atoms with Crippen LogP contribution in [0, 0.1) is 5.82 Å². The number of imidazole rings is 1. The first-order chi connectivity index (χ1) is 21.0. The van der Waals surface area contributed by atoms with Crippen LogP contribution in [-0.4, -0.2) is 80.2 Å². The number of benzene rings is 2. The minimum atomic E-state index is -0.298. The van der Waals surface area contributed by atoms with Crippen molar-refractivity contribution in [2.45, 2.75) is 19.4 Å². The third-order valence-electron chi connectivity index (χ3n) is 7.98. The number of halogens is 1. The molecule has 0 aliphatic carbocycles. The summed E-state index contributed by atoms with van der Waals surface area (Å²) in [5.41, 5.74) is 8.48. The van der Waals surface area contributed by atoms with E-state index in [9.17, 15) is 4.39 Å². The first kappa shape index (κ1) is 27.2. The lowest BCUT2D eigenvalue weighted by Crippen LogP contribution is -2.20. The van der Waals surface area contributed by atoms with Gasteiger partial charge in [-0.3, -0.25) is 15.0 Å². The molecule has 9 nitrogen and oxygen atoms in total. The molecule has 2 aromatic carbocycles. The highest BCUT2D eigenvalue weighted by atomic mass is 19.1. The summed E-state index contributed by atoms with van der Waals surface area (Å²) in [6.45, 7) is 4.76. The van der Waals surface area contributed by atoms with E-state index in [0.29, 0.717) is 23.7 Å². The van der Waals surface area contributed by atoms with Crippen LogP contribution < -0.4 is 5.32 Å². The highest BCUT2D eigenvalue weighted by Crippen LogP contribution is 2.34. The van der Waals surface area contributed by atoms with Gasteiger partial charge in [-0.05, 0) is 87.6 Å². The molecular weight excluding hydrogens is 541 g/mol. The number of pyridine rings is 2. The van der Waals surface area contributed by atoms with Gasteiger partial charge in [0.25, 0.3) is 0 Å². The second-order valence-electron chi connectivity index (χ2n) is 11.5. The summed E-state index contributed by atoms with van der Waals surface area (Å²) in [4.78, 5) is 22.1. The van der Waals surface area contributed by atoms with Gasteiger partial charge in [-0.1, -0.05) is 12.1 Å². The molecule has 0 unspecified atom stereocenters. The Bertz CT molecular complexity index is 1900. The molecule has 218 valence electrons. The number of likely N-dealkylation sites (N-methyl/N-ethyl adjacent to an activating group) is 1. The Balaban J connectivity index is 1.22. The van der Waals surface area contributed by atoms with Gasteiger partial charge in [-0.2, -0.15) is 5.10 Å². The van der Waals surface area contributed by atoms with E-state index in [0.717, 1.165) is 70.5 Å². The first-order valence-corrected chi connectivity index (χ1v) is 14.7. The molecule has 5 heterocycles. The number of hydrogen-bond donors (Lipinski definition) is 3. The van der Waals surface area contributed by atoms with Gasteiger partial charge >= 0.3 is 0 Å². The summed E-state index contributed by atoms with van der Waals surface area (Å²) in [5.74, 6) is 0.322. The zero-order valence-corrected chi connectivity index (χ0v) is 24.4. The number of likely N-dealkylation sites (tertiary alicyclic amines) is 1. The topological polar surface area (TPSA) is 102 Å². The number of H-pyrrole nitrogens is 2. The average molecular weight is 576 g/mol. The maximum absolute atomic E-state index is 14.7. The number of aromatic amines is 2. The van der Waals surface area contributed by atoms with Crippen molar-refractivity contribution in [1.29, 1.82) is 0 Å². The maximum Gasteiger partial charge on any atom is 0.159 e. The van der Waals surface area contributed by atoms with Crippen LogP contribution in [0.4, 0.5) is 10.1 Å². The molecule has 6 aromatic rings. The second-order valence-corrected chi connectivity index (χ2v) is 11.5. The Morgan fingerprint density at radius 2 is 1.84 bits per heavy atom. The highest BCUT2D eigenvalue weighted by molar-refractivity contribution is 5.97. The molecule has 0 spiro atoms. The van der Waals surface area contributed by atoms with E-state index in [4.69, 9.17) is 4.98 Å². The van der Waals surface area contributed by atoms with Crippen molar-refractivity contribution in [1.82, 2.24) is 39.9 Å². The number of fused-ring (bicyclic) bond motifs is 2. The SMILES string of the molecule is CN(C)CCNc1cc(F)cc(-c2cccc3[nH]c(-c4n[nH]c5ncc(-c6cncc(CN7CCCC7)c6)cc45)nc23)c1. The molecule has 0 saturated carbocycles. The van der Waals surface area contributed by atoms with E-state index in [-0.39, 0.29) is 5.82 Å². The standard InChI is InChI=1S/C33H34FN9/c1-42(2)11-8-36-26-14-22(13-25(34)16-26)27-6-5-7-29-30(27)39-33(38-29)31-28-15-24(19-37-32(28)41-40-31)23-12-21(17-35-18-23)20-43-9-3-4-10-43/h5-7,12-19,36H,3-4,8-11,20H2,1-2H3,(H,38,39)(H,37,40,41). The molecule has 43 heavy (non-hydrogen) atoms. The quantitative estimate of drug-likeness (QED) is 0.196. The monoisotopic (exact) mass is 575 g/mol. The van der Waals surface area contributed by atoms with Crippen molar-refractivity contribution in [3.63, 3.8) is 0 Å². The van der Waals surface area contributed by atoms with Crippen LogP contribution in [-0.2, 0) is 6.54 Å².